The number of phenolic OH excluding ortho intramolecular Hbond substituents is 1. The molecule has 0 spiro atoms. The summed E-state index contributed by atoms with van der Waals surface area (Å²) in [5, 5.41) is 50.1. The third-order valence-electron chi connectivity index (χ3n) is 11.4. The van der Waals surface area contributed by atoms with Gasteiger partial charge in [-0.2, -0.15) is 0 Å². The standard InChI is InChI=1S/C33H47NO7/c1-16(2)18-10-11-20(35)21-19(18)14-30(5)15-32(7)23(17(3)4)26(37)22(29(40)34-31(6)12-8-9-13-31)27(38)33(32,41)28(39)24(30)25(21)36/h10-11,16-17,22-24,26,28,35,37,39,41H,8-9,12-15H2,1-7H3,(H,34,40)/t22-,23+,24-,26?,28?,30-,32-,33+/m1/s1. The molecule has 2 unspecified atom stereocenters. The minimum atomic E-state index is -2.46. The molecule has 1 amide bonds. The molecule has 1 aromatic carbocycles. The lowest BCUT2D eigenvalue weighted by Gasteiger charge is -2.66. The fourth-order valence-corrected chi connectivity index (χ4v) is 9.73. The smallest absolute Gasteiger partial charge is 0.233 e. The van der Waals surface area contributed by atoms with E-state index in [4.69, 9.17) is 0 Å². The topological polar surface area (TPSA) is 144 Å². The molecule has 8 nitrogen and oxygen atoms in total. The number of rotatable bonds is 4. The van der Waals surface area contributed by atoms with Crippen molar-refractivity contribution in [2.45, 2.75) is 116 Å². The second-order valence-electron chi connectivity index (χ2n) is 15.0. The molecular formula is C33H47NO7. The van der Waals surface area contributed by atoms with Crippen LogP contribution >= 0.6 is 0 Å². The van der Waals surface area contributed by atoms with E-state index in [1.807, 2.05) is 47.6 Å². The van der Waals surface area contributed by atoms with Gasteiger partial charge in [-0.15, -0.1) is 0 Å². The summed E-state index contributed by atoms with van der Waals surface area (Å²) < 4.78 is 0. The van der Waals surface area contributed by atoms with Crippen molar-refractivity contribution in [3.05, 3.63) is 28.8 Å². The van der Waals surface area contributed by atoms with Gasteiger partial charge in [-0.1, -0.05) is 60.5 Å². The van der Waals surface area contributed by atoms with Gasteiger partial charge in [0.1, 0.15) is 17.8 Å². The van der Waals surface area contributed by atoms with Gasteiger partial charge in [-0.25, -0.2) is 0 Å². The molecule has 0 heterocycles. The van der Waals surface area contributed by atoms with Crippen molar-refractivity contribution in [3.63, 3.8) is 0 Å². The van der Waals surface area contributed by atoms with E-state index in [1.165, 1.54) is 6.07 Å². The molecule has 3 saturated carbocycles. The Labute approximate surface area is 242 Å². The Hall–Kier alpha value is -2.29. The van der Waals surface area contributed by atoms with Crippen LogP contribution in [0.2, 0.25) is 0 Å². The number of aromatic hydroxyl groups is 1. The zero-order valence-electron chi connectivity index (χ0n) is 25.5. The first-order chi connectivity index (χ1) is 18.9. The Morgan fingerprint density at radius 3 is 2.20 bits per heavy atom. The van der Waals surface area contributed by atoms with E-state index in [0.717, 1.165) is 36.8 Å². The zero-order chi connectivity index (χ0) is 30.4. The Kier molecular flexibility index (Phi) is 7.08. The van der Waals surface area contributed by atoms with Crippen LogP contribution in [0.15, 0.2) is 12.1 Å². The summed E-state index contributed by atoms with van der Waals surface area (Å²) >= 11 is 0. The Morgan fingerprint density at radius 1 is 1.02 bits per heavy atom. The molecule has 3 fully saturated rings. The van der Waals surface area contributed by atoms with Gasteiger partial charge < -0.3 is 25.7 Å². The number of fused-ring (bicyclic) bond motifs is 3. The lowest BCUT2D eigenvalue weighted by molar-refractivity contribution is -0.265. The van der Waals surface area contributed by atoms with Crippen molar-refractivity contribution in [2.24, 2.45) is 34.5 Å². The quantitative estimate of drug-likeness (QED) is 0.348. The molecule has 0 aliphatic heterocycles. The van der Waals surface area contributed by atoms with Crippen LogP contribution in [0.5, 0.6) is 5.75 Å². The monoisotopic (exact) mass is 569 g/mol. The second-order valence-corrected chi connectivity index (χ2v) is 15.0. The number of benzene rings is 1. The number of hydrogen-bond acceptors (Lipinski definition) is 7. The van der Waals surface area contributed by atoms with Crippen molar-refractivity contribution >= 4 is 17.5 Å². The highest BCUT2D eigenvalue weighted by Gasteiger charge is 2.76. The van der Waals surface area contributed by atoms with Crippen molar-refractivity contribution in [3.8, 4) is 5.75 Å². The van der Waals surface area contributed by atoms with Gasteiger partial charge in [0.2, 0.25) is 5.91 Å². The van der Waals surface area contributed by atoms with Crippen LogP contribution in [0.25, 0.3) is 0 Å². The molecule has 0 radical (unpaired) electrons. The maximum atomic E-state index is 14.3. The molecule has 1 aromatic rings. The molecule has 41 heavy (non-hydrogen) atoms. The van der Waals surface area contributed by atoms with Gasteiger partial charge in [0, 0.05) is 11.0 Å². The lowest BCUT2D eigenvalue weighted by atomic mass is 9.39. The lowest BCUT2D eigenvalue weighted by Crippen LogP contribution is -2.79. The fraction of sp³-hybridized carbons (Fsp3) is 0.727. The highest BCUT2D eigenvalue weighted by Crippen LogP contribution is 2.66. The van der Waals surface area contributed by atoms with E-state index < -0.39 is 69.4 Å². The van der Waals surface area contributed by atoms with Crippen LogP contribution in [0.3, 0.4) is 0 Å². The number of aliphatic hydroxyl groups is 3. The van der Waals surface area contributed by atoms with Gasteiger partial charge in [0.05, 0.1) is 17.6 Å². The molecule has 5 rings (SSSR count). The highest BCUT2D eigenvalue weighted by atomic mass is 16.4. The first kappa shape index (κ1) is 30.2. The summed E-state index contributed by atoms with van der Waals surface area (Å²) in [6, 6.07) is 3.32. The summed E-state index contributed by atoms with van der Waals surface area (Å²) in [6.45, 7) is 13.4. The molecule has 0 aromatic heterocycles. The zero-order valence-corrected chi connectivity index (χ0v) is 25.5. The number of phenols is 1. The predicted octanol–water partition coefficient (Wildman–Crippen LogP) is 3.66. The summed E-state index contributed by atoms with van der Waals surface area (Å²) in [7, 11) is 0. The second kappa shape index (κ2) is 9.61. The average Bonchev–Trinajstić information content (AvgIpc) is 3.26. The predicted molar refractivity (Wildman–Crippen MR) is 153 cm³/mol. The van der Waals surface area contributed by atoms with Crippen LogP contribution in [0, 0.1) is 34.5 Å². The molecule has 226 valence electrons. The van der Waals surface area contributed by atoms with Crippen molar-refractivity contribution in [1.82, 2.24) is 5.32 Å². The van der Waals surface area contributed by atoms with Gasteiger partial charge >= 0.3 is 0 Å². The maximum Gasteiger partial charge on any atom is 0.233 e. The molecule has 0 bridgehead atoms. The van der Waals surface area contributed by atoms with Crippen molar-refractivity contribution in [2.75, 3.05) is 0 Å². The molecule has 0 saturated heterocycles. The normalized spacial score (nSPS) is 39.9. The number of Topliss-reactive ketones (excluding diaryl/α,β-unsaturated/α-hetero) is 2. The summed E-state index contributed by atoms with van der Waals surface area (Å²) in [5.41, 5.74) is -3.37. The molecule has 4 aliphatic rings. The van der Waals surface area contributed by atoms with Gasteiger partial charge in [-0.3, -0.25) is 14.4 Å². The van der Waals surface area contributed by atoms with Gasteiger partial charge in [0.15, 0.2) is 17.2 Å². The summed E-state index contributed by atoms with van der Waals surface area (Å²) in [6.07, 6.45) is 0.744. The molecule has 4 aliphatic carbocycles. The van der Waals surface area contributed by atoms with Gasteiger partial charge in [0.25, 0.3) is 0 Å². The van der Waals surface area contributed by atoms with Crippen LogP contribution < -0.4 is 5.32 Å². The Bertz CT molecular complexity index is 1280. The minimum Gasteiger partial charge on any atom is -0.507 e. The van der Waals surface area contributed by atoms with E-state index in [9.17, 15) is 34.8 Å². The molecule has 8 heteroatoms. The van der Waals surface area contributed by atoms with Crippen molar-refractivity contribution in [1.29, 1.82) is 0 Å². The number of hydrogen-bond donors (Lipinski definition) is 5. The summed E-state index contributed by atoms with van der Waals surface area (Å²) in [4.78, 5) is 42.2. The van der Waals surface area contributed by atoms with Crippen LogP contribution in [0.1, 0.15) is 108 Å². The SMILES string of the molecule is CC(C)c1ccc(O)c2c1C[C@]1(C)C[C@]3(C)[C@@H](C(C)C)C(O)[C@@H](C(=O)NC4(C)CCCC4)C(=O)[C@]3(O)C(O)[C@H]1C2=O. The number of nitrogens with one attached hydrogen (secondary N) is 1. The first-order valence-electron chi connectivity index (χ1n) is 15.3. The largest absolute Gasteiger partial charge is 0.507 e. The third-order valence-corrected chi connectivity index (χ3v) is 11.4. The van der Waals surface area contributed by atoms with Crippen LogP contribution in [-0.2, 0) is 16.0 Å². The van der Waals surface area contributed by atoms with E-state index in [0.29, 0.717) is 6.42 Å². The molecular weight excluding hydrogens is 522 g/mol. The third kappa shape index (κ3) is 4.07. The van der Waals surface area contributed by atoms with Crippen molar-refractivity contribution < 1.29 is 34.8 Å². The Balaban J connectivity index is 1.65. The highest BCUT2D eigenvalue weighted by molar-refractivity contribution is 6.09. The molecule has 8 atom stereocenters. The van der Waals surface area contributed by atoms with Crippen LogP contribution in [0.4, 0.5) is 0 Å². The first-order valence-corrected chi connectivity index (χ1v) is 15.3. The number of carbonyl (C=O) groups is 3. The van der Waals surface area contributed by atoms with E-state index in [1.54, 1.807) is 6.92 Å². The maximum absolute atomic E-state index is 14.3. The minimum absolute atomic E-state index is 0.0841. The van der Waals surface area contributed by atoms with E-state index in [2.05, 4.69) is 5.32 Å². The average molecular weight is 570 g/mol. The molecule has 5 N–H and O–H groups in total. The number of ketones is 2. The summed E-state index contributed by atoms with van der Waals surface area (Å²) in [5.74, 6) is -5.90. The number of aliphatic hydroxyl groups excluding tert-OH is 2. The van der Waals surface area contributed by atoms with Gasteiger partial charge in [-0.05, 0) is 73.0 Å². The van der Waals surface area contributed by atoms with E-state index >= 15 is 0 Å². The number of carbonyl (C=O) groups excluding carboxylic acids is 3. The number of amides is 1. The van der Waals surface area contributed by atoms with Crippen LogP contribution in [-0.4, -0.2) is 61.2 Å². The van der Waals surface area contributed by atoms with E-state index in [-0.39, 0.29) is 29.6 Å². The Morgan fingerprint density at radius 2 is 1.63 bits per heavy atom. The fourth-order valence-electron chi connectivity index (χ4n) is 9.73.